The minimum absolute atomic E-state index is 0.768. The first-order valence-electron chi connectivity index (χ1n) is 8.43. The number of thioether (sulfide) groups is 1. The Labute approximate surface area is 125 Å². The van der Waals surface area contributed by atoms with Gasteiger partial charge in [0.25, 0.3) is 0 Å². The third-order valence-corrected chi connectivity index (χ3v) is 6.43. The van der Waals surface area contributed by atoms with E-state index < -0.39 is 0 Å². The molecule has 4 unspecified atom stereocenters. The number of hydrogen-bond donors (Lipinski definition) is 1. The summed E-state index contributed by atoms with van der Waals surface area (Å²) in [6, 6.07) is 0.768. The van der Waals surface area contributed by atoms with Crippen molar-refractivity contribution in [1.29, 1.82) is 0 Å². The molecule has 0 amide bonds. The topological polar surface area (TPSA) is 12.0 Å². The lowest BCUT2D eigenvalue weighted by Gasteiger charge is -2.38. The van der Waals surface area contributed by atoms with Gasteiger partial charge < -0.3 is 5.32 Å². The van der Waals surface area contributed by atoms with E-state index in [0.29, 0.717) is 0 Å². The Morgan fingerprint density at radius 2 is 1.89 bits per heavy atom. The van der Waals surface area contributed by atoms with Crippen molar-refractivity contribution >= 4 is 11.8 Å². The second-order valence-corrected chi connectivity index (χ2v) is 8.04. The zero-order valence-electron chi connectivity index (χ0n) is 13.7. The minimum atomic E-state index is 0.768. The van der Waals surface area contributed by atoms with Gasteiger partial charge in [-0.25, -0.2) is 0 Å². The van der Waals surface area contributed by atoms with Crippen LogP contribution in [0.25, 0.3) is 0 Å². The third-order valence-electron chi connectivity index (χ3n) is 4.72. The van der Waals surface area contributed by atoms with Gasteiger partial charge >= 0.3 is 0 Å². The zero-order valence-corrected chi connectivity index (χ0v) is 14.6. The standard InChI is InChI=1S/C17H35NS/c1-6-10-18-16-9-8-15(13(3)4)11-17(16)19-12-14(5)7-2/h13-18H,6-12H2,1-5H3. The van der Waals surface area contributed by atoms with Crippen LogP contribution in [-0.4, -0.2) is 23.6 Å². The molecule has 0 bridgehead atoms. The van der Waals surface area contributed by atoms with Crippen molar-refractivity contribution in [3.63, 3.8) is 0 Å². The van der Waals surface area contributed by atoms with Crippen LogP contribution in [0, 0.1) is 17.8 Å². The fourth-order valence-corrected chi connectivity index (χ4v) is 4.58. The first-order valence-corrected chi connectivity index (χ1v) is 9.48. The van der Waals surface area contributed by atoms with Crippen LogP contribution in [0.4, 0.5) is 0 Å². The summed E-state index contributed by atoms with van der Waals surface area (Å²) in [6.07, 6.45) is 6.83. The average Bonchev–Trinajstić information content (AvgIpc) is 2.42. The van der Waals surface area contributed by atoms with E-state index in [-0.39, 0.29) is 0 Å². The van der Waals surface area contributed by atoms with Crippen LogP contribution < -0.4 is 5.32 Å². The van der Waals surface area contributed by atoms with Crippen LogP contribution in [0.2, 0.25) is 0 Å². The van der Waals surface area contributed by atoms with Crippen molar-refractivity contribution in [1.82, 2.24) is 5.32 Å². The average molecular weight is 286 g/mol. The predicted molar refractivity (Wildman–Crippen MR) is 90.0 cm³/mol. The maximum Gasteiger partial charge on any atom is 0.0204 e. The lowest BCUT2D eigenvalue weighted by Crippen LogP contribution is -2.44. The molecule has 0 spiro atoms. The van der Waals surface area contributed by atoms with Gasteiger partial charge in [0.2, 0.25) is 0 Å². The molecule has 1 rings (SSSR count). The zero-order chi connectivity index (χ0) is 14.3. The first kappa shape index (κ1) is 17.4. The van der Waals surface area contributed by atoms with Crippen LogP contribution in [0.3, 0.4) is 0 Å². The summed E-state index contributed by atoms with van der Waals surface area (Å²) in [5, 5.41) is 4.65. The molecule has 0 aromatic rings. The summed E-state index contributed by atoms with van der Waals surface area (Å²) in [4.78, 5) is 0. The highest BCUT2D eigenvalue weighted by atomic mass is 32.2. The Kier molecular flexibility index (Phi) is 8.48. The lowest BCUT2D eigenvalue weighted by atomic mass is 9.79. The summed E-state index contributed by atoms with van der Waals surface area (Å²) in [7, 11) is 0. The monoisotopic (exact) mass is 285 g/mol. The summed E-state index contributed by atoms with van der Waals surface area (Å²) in [6.45, 7) is 13.0. The maximum atomic E-state index is 3.80. The normalized spacial score (nSPS) is 29.7. The quantitative estimate of drug-likeness (QED) is 0.676. The van der Waals surface area contributed by atoms with Gasteiger partial charge in [-0.05, 0) is 55.7 Å². The molecule has 0 aromatic carbocycles. The minimum Gasteiger partial charge on any atom is -0.313 e. The number of nitrogens with one attached hydrogen (secondary N) is 1. The highest BCUT2D eigenvalue weighted by molar-refractivity contribution is 7.99. The van der Waals surface area contributed by atoms with Crippen LogP contribution in [0.5, 0.6) is 0 Å². The van der Waals surface area contributed by atoms with Crippen LogP contribution in [0.1, 0.15) is 66.7 Å². The van der Waals surface area contributed by atoms with Crippen molar-refractivity contribution < 1.29 is 0 Å². The first-order chi connectivity index (χ1) is 9.08. The molecule has 1 nitrogen and oxygen atoms in total. The summed E-state index contributed by atoms with van der Waals surface area (Å²) in [5.74, 6) is 4.03. The summed E-state index contributed by atoms with van der Waals surface area (Å²) >= 11 is 2.25. The smallest absolute Gasteiger partial charge is 0.0204 e. The number of rotatable bonds is 8. The van der Waals surface area contributed by atoms with Gasteiger partial charge in [0.1, 0.15) is 0 Å². The Morgan fingerprint density at radius 3 is 2.47 bits per heavy atom. The second-order valence-electron chi connectivity index (χ2n) is 6.76. The molecule has 0 radical (unpaired) electrons. The van der Waals surface area contributed by atoms with E-state index in [0.717, 1.165) is 29.0 Å². The Hall–Kier alpha value is 0.310. The van der Waals surface area contributed by atoms with E-state index >= 15 is 0 Å². The van der Waals surface area contributed by atoms with Crippen LogP contribution in [-0.2, 0) is 0 Å². The fourth-order valence-electron chi connectivity index (χ4n) is 2.92. The van der Waals surface area contributed by atoms with Gasteiger partial charge in [0.05, 0.1) is 0 Å². The molecule has 0 saturated heterocycles. The van der Waals surface area contributed by atoms with Gasteiger partial charge in [-0.15, -0.1) is 0 Å². The molecule has 114 valence electrons. The van der Waals surface area contributed by atoms with E-state index in [1.807, 2.05) is 0 Å². The van der Waals surface area contributed by atoms with E-state index in [1.54, 1.807) is 0 Å². The van der Waals surface area contributed by atoms with Crippen molar-refractivity contribution in [2.75, 3.05) is 12.3 Å². The number of hydrogen-bond acceptors (Lipinski definition) is 2. The van der Waals surface area contributed by atoms with Gasteiger partial charge in [-0.1, -0.05) is 41.0 Å². The van der Waals surface area contributed by atoms with Gasteiger partial charge in [0, 0.05) is 11.3 Å². The van der Waals surface area contributed by atoms with Gasteiger partial charge in [-0.2, -0.15) is 11.8 Å². The Balaban J connectivity index is 2.49. The Morgan fingerprint density at radius 1 is 1.16 bits per heavy atom. The van der Waals surface area contributed by atoms with Gasteiger partial charge in [-0.3, -0.25) is 0 Å². The lowest BCUT2D eigenvalue weighted by molar-refractivity contribution is 0.246. The van der Waals surface area contributed by atoms with E-state index in [2.05, 4.69) is 51.7 Å². The van der Waals surface area contributed by atoms with Crippen molar-refractivity contribution in [2.24, 2.45) is 17.8 Å². The molecule has 0 heterocycles. The molecule has 1 saturated carbocycles. The highest BCUT2D eigenvalue weighted by Gasteiger charge is 2.31. The Bertz CT molecular complexity index is 229. The van der Waals surface area contributed by atoms with Crippen molar-refractivity contribution in [3.05, 3.63) is 0 Å². The van der Waals surface area contributed by atoms with Crippen molar-refractivity contribution in [3.8, 4) is 0 Å². The molecule has 1 fully saturated rings. The van der Waals surface area contributed by atoms with E-state index in [9.17, 15) is 0 Å². The molecular weight excluding hydrogens is 250 g/mol. The predicted octanol–water partition coefficient (Wildman–Crippen LogP) is 4.96. The molecule has 0 aliphatic heterocycles. The SMILES string of the molecule is CCCNC1CCC(C(C)C)CC1SCC(C)CC. The van der Waals surface area contributed by atoms with Crippen LogP contribution in [0.15, 0.2) is 0 Å². The fraction of sp³-hybridized carbons (Fsp3) is 1.00. The molecule has 1 aliphatic carbocycles. The molecule has 1 N–H and O–H groups in total. The molecule has 19 heavy (non-hydrogen) atoms. The molecule has 4 atom stereocenters. The molecule has 2 heteroatoms. The second kappa shape index (κ2) is 9.28. The van der Waals surface area contributed by atoms with Crippen molar-refractivity contribution in [2.45, 2.75) is 78.0 Å². The van der Waals surface area contributed by atoms with E-state index in [4.69, 9.17) is 0 Å². The largest absolute Gasteiger partial charge is 0.313 e. The third kappa shape index (κ3) is 6.08. The highest BCUT2D eigenvalue weighted by Crippen LogP contribution is 2.37. The van der Waals surface area contributed by atoms with Gasteiger partial charge in [0.15, 0.2) is 0 Å². The molecular formula is C17H35NS. The summed E-state index contributed by atoms with van der Waals surface area (Å²) in [5.41, 5.74) is 0. The summed E-state index contributed by atoms with van der Waals surface area (Å²) < 4.78 is 0. The van der Waals surface area contributed by atoms with E-state index in [1.165, 1.54) is 44.4 Å². The van der Waals surface area contributed by atoms with Crippen LogP contribution >= 0.6 is 11.8 Å². The molecule has 1 aliphatic rings. The maximum absolute atomic E-state index is 3.80. The molecule has 0 aromatic heterocycles.